The van der Waals surface area contributed by atoms with Crippen LogP contribution >= 0.6 is 11.8 Å². The van der Waals surface area contributed by atoms with E-state index in [4.69, 9.17) is 4.74 Å². The third kappa shape index (κ3) is 5.73. The number of alkyl halides is 3. The molecule has 2 heterocycles. The summed E-state index contributed by atoms with van der Waals surface area (Å²) in [6, 6.07) is 9.12. The molecule has 0 fully saturated rings. The van der Waals surface area contributed by atoms with E-state index in [-0.39, 0.29) is 30.2 Å². The number of aromatic nitrogens is 1. The fourth-order valence-corrected chi connectivity index (χ4v) is 3.96. The number of carbonyl (C=O) groups excluding carboxylic acids is 2. The van der Waals surface area contributed by atoms with Crippen LogP contribution in [0.3, 0.4) is 0 Å². The number of halogens is 3. The number of anilines is 1. The van der Waals surface area contributed by atoms with Crippen molar-refractivity contribution in [2.45, 2.75) is 50.0 Å². The van der Waals surface area contributed by atoms with E-state index in [2.05, 4.69) is 10.3 Å². The number of nitrogens with zero attached hydrogens (tertiary/aromatic N) is 2. The summed E-state index contributed by atoms with van der Waals surface area (Å²) in [6.45, 7) is 4.00. The highest BCUT2D eigenvalue weighted by molar-refractivity contribution is 7.99. The predicted molar refractivity (Wildman–Crippen MR) is 116 cm³/mol. The van der Waals surface area contributed by atoms with Gasteiger partial charge in [0, 0.05) is 12.2 Å². The summed E-state index contributed by atoms with van der Waals surface area (Å²) in [5, 5.41) is 3.24. The van der Waals surface area contributed by atoms with Crippen LogP contribution in [0.15, 0.2) is 47.6 Å². The second-order valence-corrected chi connectivity index (χ2v) is 8.27. The molecule has 0 bridgehead atoms. The normalized spacial score (nSPS) is 15.8. The van der Waals surface area contributed by atoms with Crippen molar-refractivity contribution in [3.05, 3.63) is 48.2 Å². The van der Waals surface area contributed by atoms with Crippen molar-refractivity contribution in [1.82, 2.24) is 10.3 Å². The Kier molecular flexibility index (Phi) is 7.65. The number of hydrogen-bond acceptors (Lipinski definition) is 5. The fourth-order valence-electron chi connectivity index (χ4n) is 3.24. The van der Waals surface area contributed by atoms with Crippen molar-refractivity contribution in [3.63, 3.8) is 0 Å². The number of thioether (sulfide) groups is 1. The monoisotopic (exact) mass is 467 g/mol. The summed E-state index contributed by atoms with van der Waals surface area (Å²) in [6.07, 6.45) is -3.01. The van der Waals surface area contributed by atoms with Gasteiger partial charge in [0.2, 0.25) is 5.91 Å². The third-order valence-electron chi connectivity index (χ3n) is 5.11. The lowest BCUT2D eigenvalue weighted by Crippen LogP contribution is -2.52. The van der Waals surface area contributed by atoms with Crippen LogP contribution in [0.2, 0.25) is 0 Å². The van der Waals surface area contributed by atoms with Gasteiger partial charge in [-0.1, -0.05) is 37.7 Å². The molecule has 1 atom stereocenters. The van der Waals surface area contributed by atoms with Crippen molar-refractivity contribution < 1.29 is 27.5 Å². The molecule has 6 nitrogen and oxygen atoms in total. The average molecular weight is 468 g/mol. The molecule has 0 radical (unpaired) electrons. The lowest BCUT2D eigenvalue weighted by atomic mass is 10.1. The van der Waals surface area contributed by atoms with Gasteiger partial charge in [-0.15, -0.1) is 0 Å². The van der Waals surface area contributed by atoms with Crippen LogP contribution in [-0.2, 0) is 15.8 Å². The minimum atomic E-state index is -4.46. The van der Waals surface area contributed by atoms with E-state index in [1.54, 1.807) is 24.3 Å². The quantitative estimate of drug-likeness (QED) is 0.615. The van der Waals surface area contributed by atoms with Crippen LogP contribution in [-0.4, -0.2) is 41.2 Å². The summed E-state index contributed by atoms with van der Waals surface area (Å²) in [5.41, 5.74) is -0.299. The van der Waals surface area contributed by atoms with Crippen molar-refractivity contribution >= 4 is 29.3 Å². The lowest BCUT2D eigenvalue weighted by molar-refractivity contribution is -0.138. The lowest BCUT2D eigenvalue weighted by Gasteiger charge is -2.34. The highest BCUT2D eigenvalue weighted by Gasteiger charge is 2.34. The summed E-state index contributed by atoms with van der Waals surface area (Å²) >= 11 is 1.03. The molecule has 2 aromatic rings. The minimum Gasteiger partial charge on any atom is -0.477 e. The molecule has 0 spiro atoms. The topological polar surface area (TPSA) is 71.5 Å². The van der Waals surface area contributed by atoms with Gasteiger partial charge in [-0.2, -0.15) is 13.2 Å². The summed E-state index contributed by atoms with van der Waals surface area (Å²) in [4.78, 5) is 31.0. The molecule has 32 heavy (non-hydrogen) atoms. The van der Waals surface area contributed by atoms with Crippen molar-refractivity contribution in [2.24, 2.45) is 0 Å². The number of benzene rings is 1. The number of pyridine rings is 1. The van der Waals surface area contributed by atoms with Gasteiger partial charge in [-0.3, -0.25) is 9.59 Å². The van der Waals surface area contributed by atoms with Crippen LogP contribution < -0.4 is 15.0 Å². The van der Waals surface area contributed by atoms with Crippen LogP contribution in [0.25, 0.3) is 0 Å². The van der Waals surface area contributed by atoms with Gasteiger partial charge >= 0.3 is 6.18 Å². The Morgan fingerprint density at radius 2 is 1.94 bits per heavy atom. The second kappa shape index (κ2) is 10.2. The number of carbonyl (C=O) groups is 2. The molecule has 0 saturated carbocycles. The summed E-state index contributed by atoms with van der Waals surface area (Å²) < 4.78 is 43.9. The van der Waals surface area contributed by atoms with Crippen molar-refractivity contribution in [1.29, 1.82) is 0 Å². The van der Waals surface area contributed by atoms with Gasteiger partial charge in [0.15, 0.2) is 6.10 Å². The Morgan fingerprint density at radius 3 is 2.56 bits per heavy atom. The van der Waals surface area contributed by atoms with Crippen LogP contribution in [0, 0.1) is 0 Å². The predicted octanol–water partition coefficient (Wildman–Crippen LogP) is 4.29. The first-order valence-corrected chi connectivity index (χ1v) is 11.2. The molecule has 10 heteroatoms. The van der Waals surface area contributed by atoms with E-state index in [0.717, 1.165) is 36.9 Å². The molecule has 1 aliphatic rings. The largest absolute Gasteiger partial charge is 0.477 e. The Hall–Kier alpha value is -2.75. The smallest absolute Gasteiger partial charge is 0.417 e. The van der Waals surface area contributed by atoms with Crippen molar-refractivity contribution in [3.8, 4) is 5.75 Å². The van der Waals surface area contributed by atoms with Gasteiger partial charge in [0.05, 0.1) is 28.6 Å². The van der Waals surface area contributed by atoms with Gasteiger partial charge in [0.1, 0.15) is 5.75 Å². The highest BCUT2D eigenvalue weighted by Crippen LogP contribution is 2.34. The first-order chi connectivity index (χ1) is 15.2. The van der Waals surface area contributed by atoms with E-state index >= 15 is 0 Å². The number of rotatable bonds is 7. The zero-order valence-corrected chi connectivity index (χ0v) is 18.5. The molecule has 2 amide bonds. The maximum atomic E-state index is 13.0. The SMILES string of the molecule is CCC(CC)NC(=O)C1CN(C(=O)CSc2ccc(C(F)(F)F)cn2)c2ccccc2O1. The Balaban J connectivity index is 1.70. The third-order valence-corrected chi connectivity index (χ3v) is 6.03. The maximum Gasteiger partial charge on any atom is 0.417 e. The zero-order chi connectivity index (χ0) is 23.3. The van der Waals surface area contributed by atoms with E-state index < -0.39 is 17.8 Å². The molecule has 172 valence electrons. The first kappa shape index (κ1) is 23.9. The van der Waals surface area contributed by atoms with E-state index in [1.807, 2.05) is 13.8 Å². The van der Waals surface area contributed by atoms with Crippen LogP contribution in [0.5, 0.6) is 5.75 Å². The zero-order valence-electron chi connectivity index (χ0n) is 17.7. The molecule has 3 rings (SSSR count). The number of amides is 2. The number of nitrogens with one attached hydrogen (secondary N) is 1. The van der Waals surface area contributed by atoms with Gasteiger partial charge in [-0.25, -0.2) is 4.98 Å². The molecule has 1 aromatic heterocycles. The molecule has 1 aliphatic heterocycles. The Morgan fingerprint density at radius 1 is 1.22 bits per heavy atom. The van der Waals surface area contributed by atoms with Crippen molar-refractivity contribution in [2.75, 3.05) is 17.2 Å². The summed E-state index contributed by atoms with van der Waals surface area (Å²) in [5.74, 6) is -0.210. The molecule has 0 saturated heterocycles. The molecule has 1 unspecified atom stereocenters. The highest BCUT2D eigenvalue weighted by atomic mass is 32.2. The number of fused-ring (bicyclic) bond motifs is 1. The Labute approximate surface area is 188 Å². The molecule has 1 aromatic carbocycles. The minimum absolute atomic E-state index is 0.0220. The molecule has 1 N–H and O–H groups in total. The number of hydrogen-bond donors (Lipinski definition) is 1. The van der Waals surface area contributed by atoms with E-state index in [1.165, 1.54) is 11.0 Å². The second-order valence-electron chi connectivity index (χ2n) is 7.27. The van der Waals surface area contributed by atoms with Gasteiger partial charge < -0.3 is 15.0 Å². The summed E-state index contributed by atoms with van der Waals surface area (Å²) in [7, 11) is 0. The van der Waals surface area contributed by atoms with E-state index in [9.17, 15) is 22.8 Å². The number of ether oxygens (including phenoxy) is 1. The first-order valence-electron chi connectivity index (χ1n) is 10.2. The van der Waals surface area contributed by atoms with Crippen LogP contribution in [0.4, 0.5) is 18.9 Å². The van der Waals surface area contributed by atoms with Gasteiger partial charge in [0.25, 0.3) is 5.91 Å². The molecular weight excluding hydrogens is 443 g/mol. The Bertz CT molecular complexity index is 949. The van der Waals surface area contributed by atoms with E-state index in [0.29, 0.717) is 16.5 Å². The maximum absolute atomic E-state index is 13.0. The van der Waals surface area contributed by atoms with Crippen LogP contribution in [0.1, 0.15) is 32.3 Å². The van der Waals surface area contributed by atoms with Gasteiger partial charge in [-0.05, 0) is 37.1 Å². The average Bonchev–Trinajstić information content (AvgIpc) is 2.79. The molecular formula is C22H24F3N3O3S. The standard InChI is InChI=1S/C22H24F3N3O3S/c1-3-15(4-2)27-21(30)18-12-28(16-7-5-6-8-17(16)31-18)20(29)13-32-19-10-9-14(11-26-19)22(23,24)25/h5-11,15,18H,3-4,12-13H2,1-2H3,(H,27,30). The molecule has 0 aliphatic carbocycles. The number of para-hydroxylation sites is 2. The fraction of sp³-hybridized carbons (Fsp3) is 0.409.